The van der Waals surface area contributed by atoms with Gasteiger partial charge in [0, 0.05) is 6.54 Å². The number of hydrogen-bond donors (Lipinski definition) is 5. The number of rotatable bonds is 3. The van der Waals surface area contributed by atoms with Gasteiger partial charge in [0.1, 0.15) is 11.4 Å². The largest absolute Gasteiger partial charge is 0.510 e. The lowest BCUT2D eigenvalue weighted by Gasteiger charge is -2.32. The van der Waals surface area contributed by atoms with Gasteiger partial charge in [0.25, 0.3) is 0 Å². The van der Waals surface area contributed by atoms with E-state index in [-0.39, 0.29) is 12.4 Å². The number of hydrogen-bond acceptors (Lipinski definition) is 5. The molecule has 0 bridgehead atoms. The summed E-state index contributed by atoms with van der Waals surface area (Å²) in [5.41, 5.74) is 9.81. The summed E-state index contributed by atoms with van der Waals surface area (Å²) in [5, 5.41) is 21.1. The first-order valence-electron chi connectivity index (χ1n) is 4.46. The third-order valence-electron chi connectivity index (χ3n) is 2.18. The van der Waals surface area contributed by atoms with E-state index in [4.69, 9.17) is 16.6 Å². The second kappa shape index (κ2) is 3.70. The molecule has 0 aromatic carbocycles. The molecule has 0 radical (unpaired) electrons. The second-order valence-electron chi connectivity index (χ2n) is 3.73. The van der Waals surface area contributed by atoms with E-state index in [0.29, 0.717) is 6.54 Å². The fourth-order valence-corrected chi connectivity index (χ4v) is 1.21. The zero-order valence-electron chi connectivity index (χ0n) is 8.20. The highest BCUT2D eigenvalue weighted by Gasteiger charge is 2.31. The summed E-state index contributed by atoms with van der Waals surface area (Å²) in [5.74, 6) is 0.0212. The Bertz CT molecular complexity index is 273. The molecule has 5 heteroatoms. The van der Waals surface area contributed by atoms with Gasteiger partial charge in [-0.25, -0.2) is 0 Å². The molecule has 1 rings (SSSR count). The van der Waals surface area contributed by atoms with Crippen LogP contribution in [-0.2, 0) is 0 Å². The Kier molecular flexibility index (Phi) is 2.96. The van der Waals surface area contributed by atoms with E-state index in [1.54, 1.807) is 19.1 Å². The summed E-state index contributed by atoms with van der Waals surface area (Å²) in [6.45, 7) is 2.02. The molecule has 0 fully saturated rings. The Morgan fingerprint density at radius 1 is 1.43 bits per heavy atom. The van der Waals surface area contributed by atoms with Gasteiger partial charge in [-0.05, 0) is 19.1 Å². The Balaban J connectivity index is 2.77. The zero-order valence-corrected chi connectivity index (χ0v) is 8.20. The summed E-state index contributed by atoms with van der Waals surface area (Å²) in [4.78, 5) is 0. The summed E-state index contributed by atoms with van der Waals surface area (Å²) < 4.78 is 0. The minimum absolute atomic E-state index is 0.0126. The molecule has 7 N–H and O–H groups in total. The fourth-order valence-electron chi connectivity index (χ4n) is 1.21. The molecule has 0 aromatic rings. The monoisotopic (exact) mass is 199 g/mol. The minimum atomic E-state index is -0.925. The number of aliphatic hydroxyl groups is 2. The van der Waals surface area contributed by atoms with Gasteiger partial charge in [0.2, 0.25) is 0 Å². The molecule has 14 heavy (non-hydrogen) atoms. The van der Waals surface area contributed by atoms with Crippen LogP contribution in [0, 0.1) is 0 Å². The standard InChI is InChI=1S/C9H17N3O2/c1-8(10)2-3-9(11,6-7(8)14)12-4-5-13/h2-3,6,12-14H,4-5,10-11H2,1H3. The Morgan fingerprint density at radius 3 is 2.57 bits per heavy atom. The highest BCUT2D eigenvalue weighted by atomic mass is 16.3. The van der Waals surface area contributed by atoms with Crippen LogP contribution in [0.4, 0.5) is 0 Å². The van der Waals surface area contributed by atoms with Crippen molar-refractivity contribution in [3.8, 4) is 0 Å². The highest BCUT2D eigenvalue weighted by molar-refractivity contribution is 5.34. The maximum atomic E-state index is 9.57. The first-order chi connectivity index (χ1) is 6.40. The topological polar surface area (TPSA) is 105 Å². The summed E-state index contributed by atoms with van der Waals surface area (Å²) in [6.07, 6.45) is 4.75. The highest BCUT2D eigenvalue weighted by Crippen LogP contribution is 2.21. The molecule has 80 valence electrons. The van der Waals surface area contributed by atoms with Crippen LogP contribution in [0.15, 0.2) is 24.0 Å². The van der Waals surface area contributed by atoms with E-state index in [9.17, 15) is 5.11 Å². The normalized spacial score (nSPS) is 37.0. The molecule has 0 heterocycles. The molecule has 0 spiro atoms. The van der Waals surface area contributed by atoms with Gasteiger partial charge in [-0.15, -0.1) is 0 Å². The number of nitrogens with one attached hydrogen (secondary N) is 1. The lowest BCUT2D eigenvalue weighted by Crippen LogP contribution is -2.55. The third kappa shape index (κ3) is 2.33. The van der Waals surface area contributed by atoms with Gasteiger partial charge in [-0.3, -0.25) is 5.32 Å². The molecule has 0 aromatic heterocycles. The lowest BCUT2D eigenvalue weighted by molar-refractivity contribution is 0.273. The second-order valence-corrected chi connectivity index (χ2v) is 3.73. The molecule has 0 saturated carbocycles. The average Bonchev–Trinajstić information content (AvgIpc) is 2.10. The van der Waals surface area contributed by atoms with Crippen LogP contribution in [0.5, 0.6) is 0 Å². The van der Waals surface area contributed by atoms with Gasteiger partial charge in [0.05, 0.1) is 12.1 Å². The van der Waals surface area contributed by atoms with Gasteiger partial charge >= 0.3 is 0 Å². The smallest absolute Gasteiger partial charge is 0.115 e. The Hall–Kier alpha value is -0.880. The van der Waals surface area contributed by atoms with Crippen LogP contribution >= 0.6 is 0 Å². The first kappa shape index (κ1) is 11.2. The fraction of sp³-hybridized carbons (Fsp3) is 0.556. The number of aliphatic hydroxyl groups excluding tert-OH is 2. The van der Waals surface area contributed by atoms with Crippen LogP contribution in [0.1, 0.15) is 6.92 Å². The molecule has 2 unspecified atom stereocenters. The van der Waals surface area contributed by atoms with E-state index in [1.807, 2.05) is 0 Å². The van der Waals surface area contributed by atoms with Crippen LogP contribution in [0.25, 0.3) is 0 Å². The number of nitrogens with two attached hydrogens (primary N) is 2. The summed E-state index contributed by atoms with van der Waals surface area (Å²) in [6, 6.07) is 0. The third-order valence-corrected chi connectivity index (χ3v) is 2.18. The first-order valence-corrected chi connectivity index (χ1v) is 4.46. The van der Waals surface area contributed by atoms with Crippen LogP contribution in [0.3, 0.4) is 0 Å². The van der Waals surface area contributed by atoms with Gasteiger partial charge in [-0.2, -0.15) is 0 Å². The van der Waals surface area contributed by atoms with Crippen molar-refractivity contribution in [3.63, 3.8) is 0 Å². The van der Waals surface area contributed by atoms with Gasteiger partial charge in [-0.1, -0.05) is 6.08 Å². The SMILES string of the molecule is CC1(N)C=CC(N)(NCCO)C=C1O. The van der Waals surface area contributed by atoms with Gasteiger partial charge in [0.15, 0.2) is 0 Å². The molecule has 0 amide bonds. The molecular formula is C9H17N3O2. The van der Waals surface area contributed by atoms with Gasteiger partial charge < -0.3 is 21.7 Å². The van der Waals surface area contributed by atoms with E-state index in [0.717, 1.165) is 0 Å². The Labute approximate surface area is 83.1 Å². The molecule has 0 aliphatic heterocycles. The van der Waals surface area contributed by atoms with Crippen molar-refractivity contribution in [3.05, 3.63) is 24.0 Å². The van der Waals surface area contributed by atoms with Crippen molar-refractivity contribution >= 4 is 0 Å². The Morgan fingerprint density at radius 2 is 2.07 bits per heavy atom. The van der Waals surface area contributed by atoms with Crippen LogP contribution in [-0.4, -0.2) is 34.6 Å². The maximum absolute atomic E-state index is 9.57. The summed E-state index contributed by atoms with van der Waals surface area (Å²) >= 11 is 0. The van der Waals surface area contributed by atoms with E-state index < -0.39 is 11.2 Å². The van der Waals surface area contributed by atoms with E-state index in [1.165, 1.54) is 6.08 Å². The molecule has 1 aliphatic rings. The summed E-state index contributed by atoms with van der Waals surface area (Å²) in [7, 11) is 0. The van der Waals surface area contributed by atoms with Crippen molar-refractivity contribution in [1.82, 2.24) is 5.32 Å². The quantitative estimate of drug-likeness (QED) is 0.295. The van der Waals surface area contributed by atoms with E-state index in [2.05, 4.69) is 5.32 Å². The minimum Gasteiger partial charge on any atom is -0.510 e. The van der Waals surface area contributed by atoms with Crippen molar-refractivity contribution in [1.29, 1.82) is 0 Å². The van der Waals surface area contributed by atoms with Crippen molar-refractivity contribution in [2.24, 2.45) is 11.5 Å². The molecule has 2 atom stereocenters. The van der Waals surface area contributed by atoms with Crippen molar-refractivity contribution in [2.45, 2.75) is 18.1 Å². The zero-order chi connectivity index (χ0) is 10.8. The molecule has 0 saturated heterocycles. The van der Waals surface area contributed by atoms with Crippen LogP contribution in [0.2, 0.25) is 0 Å². The van der Waals surface area contributed by atoms with E-state index >= 15 is 0 Å². The van der Waals surface area contributed by atoms with Crippen LogP contribution < -0.4 is 16.8 Å². The lowest BCUT2D eigenvalue weighted by atomic mass is 9.90. The molecule has 5 nitrogen and oxygen atoms in total. The van der Waals surface area contributed by atoms with Crippen molar-refractivity contribution in [2.75, 3.05) is 13.2 Å². The average molecular weight is 199 g/mol. The predicted octanol–water partition coefficient (Wildman–Crippen LogP) is -1.05. The predicted molar refractivity (Wildman–Crippen MR) is 54.5 cm³/mol. The molecule has 1 aliphatic carbocycles. The maximum Gasteiger partial charge on any atom is 0.115 e. The van der Waals surface area contributed by atoms with Crippen molar-refractivity contribution < 1.29 is 10.2 Å². The molecular weight excluding hydrogens is 182 g/mol.